The molecule has 102 valence electrons. The van der Waals surface area contributed by atoms with Crippen LogP contribution in [-0.2, 0) is 9.84 Å². The molecule has 0 bridgehead atoms. The Labute approximate surface area is 112 Å². The van der Waals surface area contributed by atoms with Crippen molar-refractivity contribution in [3.05, 3.63) is 29.6 Å². The Morgan fingerprint density at radius 3 is 2.79 bits per heavy atom. The summed E-state index contributed by atoms with van der Waals surface area (Å²) in [5.74, 6) is -0.479. The second-order valence-corrected chi connectivity index (χ2v) is 7.12. The Kier molecular flexibility index (Phi) is 3.76. The van der Waals surface area contributed by atoms with Crippen molar-refractivity contribution in [2.24, 2.45) is 0 Å². The largest absolute Gasteiger partial charge is 0.380 e. The molecule has 1 saturated carbocycles. The van der Waals surface area contributed by atoms with Crippen LogP contribution >= 0.6 is 0 Å². The molecule has 1 aliphatic rings. The Morgan fingerprint density at radius 2 is 2.16 bits per heavy atom. The topological polar surface area (TPSA) is 70.0 Å². The number of anilines is 1. The number of rotatable bonds is 3. The van der Waals surface area contributed by atoms with E-state index in [-0.39, 0.29) is 11.6 Å². The van der Waals surface area contributed by atoms with Gasteiger partial charge in [0.1, 0.15) is 11.9 Å². The van der Waals surface area contributed by atoms with Crippen molar-refractivity contribution in [3.63, 3.8) is 0 Å². The summed E-state index contributed by atoms with van der Waals surface area (Å²) in [6.07, 6.45) is 3.42. The first-order valence-corrected chi connectivity index (χ1v) is 8.02. The molecule has 19 heavy (non-hydrogen) atoms. The third-order valence-electron chi connectivity index (χ3n) is 3.45. The van der Waals surface area contributed by atoms with Crippen LogP contribution in [-0.4, -0.2) is 26.0 Å². The van der Waals surface area contributed by atoms with Crippen LogP contribution in [0.5, 0.6) is 0 Å². The van der Waals surface area contributed by atoms with Gasteiger partial charge < -0.3 is 5.32 Å². The SMILES string of the molecule is CS(=O)(=O)C1CCCC1Nc1ccc(F)cc1C#N. The van der Waals surface area contributed by atoms with E-state index in [2.05, 4.69) is 5.32 Å². The van der Waals surface area contributed by atoms with Gasteiger partial charge in [-0.25, -0.2) is 12.8 Å². The summed E-state index contributed by atoms with van der Waals surface area (Å²) in [5, 5.41) is 11.6. The van der Waals surface area contributed by atoms with Crippen molar-refractivity contribution < 1.29 is 12.8 Å². The molecule has 6 heteroatoms. The van der Waals surface area contributed by atoms with Gasteiger partial charge in [-0.05, 0) is 37.5 Å². The molecule has 0 spiro atoms. The molecule has 1 fully saturated rings. The van der Waals surface area contributed by atoms with E-state index < -0.39 is 20.9 Å². The van der Waals surface area contributed by atoms with Crippen molar-refractivity contribution in [2.75, 3.05) is 11.6 Å². The first-order valence-electron chi connectivity index (χ1n) is 6.07. The van der Waals surface area contributed by atoms with Crippen LogP contribution in [0.2, 0.25) is 0 Å². The van der Waals surface area contributed by atoms with Crippen LogP contribution < -0.4 is 5.32 Å². The highest BCUT2D eigenvalue weighted by molar-refractivity contribution is 7.91. The number of halogens is 1. The van der Waals surface area contributed by atoms with E-state index in [0.29, 0.717) is 12.1 Å². The minimum atomic E-state index is -3.12. The van der Waals surface area contributed by atoms with Crippen molar-refractivity contribution in [1.82, 2.24) is 0 Å². The number of hydrogen-bond acceptors (Lipinski definition) is 4. The summed E-state index contributed by atoms with van der Waals surface area (Å²) in [6, 6.07) is 5.58. The first-order chi connectivity index (χ1) is 8.91. The number of sulfone groups is 1. The molecular formula is C13H15FN2O2S. The van der Waals surface area contributed by atoms with Crippen LogP contribution in [0.3, 0.4) is 0 Å². The molecule has 0 aromatic heterocycles. The molecule has 0 heterocycles. The van der Waals surface area contributed by atoms with Gasteiger partial charge in [0.05, 0.1) is 16.5 Å². The molecule has 0 aliphatic heterocycles. The lowest BCUT2D eigenvalue weighted by atomic mass is 10.1. The highest BCUT2D eigenvalue weighted by atomic mass is 32.2. The molecule has 0 saturated heterocycles. The number of nitriles is 1. The zero-order valence-electron chi connectivity index (χ0n) is 10.6. The van der Waals surface area contributed by atoms with Crippen molar-refractivity contribution >= 4 is 15.5 Å². The predicted octanol–water partition coefficient (Wildman–Crippen LogP) is 2.07. The average Bonchev–Trinajstić information content (AvgIpc) is 2.79. The Morgan fingerprint density at radius 1 is 1.42 bits per heavy atom. The van der Waals surface area contributed by atoms with Gasteiger partial charge in [0.2, 0.25) is 0 Å². The zero-order chi connectivity index (χ0) is 14.0. The standard InChI is InChI=1S/C13H15FN2O2S/c1-19(17,18)13-4-2-3-12(13)16-11-6-5-10(14)7-9(11)8-15/h5-7,12-13,16H,2-4H2,1H3. The van der Waals surface area contributed by atoms with Gasteiger partial charge in [0, 0.05) is 12.3 Å². The number of nitrogens with zero attached hydrogens (tertiary/aromatic N) is 1. The van der Waals surface area contributed by atoms with Gasteiger partial charge in [0.25, 0.3) is 0 Å². The highest BCUT2D eigenvalue weighted by Crippen LogP contribution is 2.29. The van der Waals surface area contributed by atoms with Crippen LogP contribution in [0.1, 0.15) is 24.8 Å². The van der Waals surface area contributed by atoms with Gasteiger partial charge in [-0.3, -0.25) is 0 Å². The molecule has 2 atom stereocenters. The molecule has 2 rings (SSSR count). The van der Waals surface area contributed by atoms with Crippen LogP contribution in [0.25, 0.3) is 0 Å². The van der Waals surface area contributed by atoms with Gasteiger partial charge in [0.15, 0.2) is 9.84 Å². The second-order valence-electron chi connectivity index (χ2n) is 4.85. The first kappa shape index (κ1) is 13.8. The summed E-state index contributed by atoms with van der Waals surface area (Å²) < 4.78 is 36.4. The van der Waals surface area contributed by atoms with Crippen molar-refractivity contribution in [3.8, 4) is 6.07 Å². The quantitative estimate of drug-likeness (QED) is 0.921. The lowest BCUT2D eigenvalue weighted by molar-refractivity contribution is 0.579. The van der Waals surface area contributed by atoms with E-state index in [9.17, 15) is 12.8 Å². The summed E-state index contributed by atoms with van der Waals surface area (Å²) in [6.45, 7) is 0. The van der Waals surface area contributed by atoms with E-state index >= 15 is 0 Å². The van der Waals surface area contributed by atoms with E-state index in [1.165, 1.54) is 18.4 Å². The van der Waals surface area contributed by atoms with E-state index in [1.807, 2.05) is 6.07 Å². The minimum absolute atomic E-state index is 0.194. The van der Waals surface area contributed by atoms with E-state index in [0.717, 1.165) is 18.9 Å². The fourth-order valence-electron chi connectivity index (χ4n) is 2.54. The smallest absolute Gasteiger partial charge is 0.152 e. The Hall–Kier alpha value is -1.61. The third kappa shape index (κ3) is 3.04. The molecule has 0 amide bonds. The summed E-state index contributed by atoms with van der Waals surface area (Å²) >= 11 is 0. The summed E-state index contributed by atoms with van der Waals surface area (Å²) in [5.41, 5.74) is 0.684. The predicted molar refractivity (Wildman–Crippen MR) is 71.0 cm³/mol. The molecule has 4 nitrogen and oxygen atoms in total. The lowest BCUT2D eigenvalue weighted by Gasteiger charge is -2.21. The number of nitrogens with one attached hydrogen (secondary N) is 1. The molecule has 1 aromatic rings. The molecule has 2 unspecified atom stereocenters. The van der Waals surface area contributed by atoms with Crippen molar-refractivity contribution in [2.45, 2.75) is 30.6 Å². The second kappa shape index (κ2) is 5.17. The van der Waals surface area contributed by atoms with E-state index in [4.69, 9.17) is 5.26 Å². The Balaban J connectivity index is 2.24. The average molecular weight is 282 g/mol. The fourth-order valence-corrected chi connectivity index (χ4v) is 3.93. The lowest BCUT2D eigenvalue weighted by Crippen LogP contribution is -2.34. The van der Waals surface area contributed by atoms with E-state index in [1.54, 1.807) is 0 Å². The van der Waals surface area contributed by atoms with Crippen LogP contribution in [0, 0.1) is 17.1 Å². The zero-order valence-corrected chi connectivity index (χ0v) is 11.4. The normalized spacial score (nSPS) is 23.0. The minimum Gasteiger partial charge on any atom is -0.380 e. The molecular weight excluding hydrogens is 267 g/mol. The molecule has 1 aliphatic carbocycles. The van der Waals surface area contributed by atoms with Gasteiger partial charge >= 0.3 is 0 Å². The van der Waals surface area contributed by atoms with Gasteiger partial charge in [-0.2, -0.15) is 5.26 Å². The summed E-state index contributed by atoms with van der Waals surface area (Å²) in [4.78, 5) is 0. The number of hydrogen-bond donors (Lipinski definition) is 1. The van der Waals surface area contributed by atoms with Crippen LogP contribution in [0.15, 0.2) is 18.2 Å². The molecule has 0 radical (unpaired) electrons. The van der Waals surface area contributed by atoms with Crippen molar-refractivity contribution in [1.29, 1.82) is 5.26 Å². The highest BCUT2D eigenvalue weighted by Gasteiger charge is 2.34. The maximum atomic E-state index is 13.0. The molecule has 1 aromatic carbocycles. The van der Waals surface area contributed by atoms with Crippen LogP contribution in [0.4, 0.5) is 10.1 Å². The summed E-state index contributed by atoms with van der Waals surface area (Å²) in [7, 11) is -3.12. The third-order valence-corrected chi connectivity index (χ3v) is 5.11. The maximum absolute atomic E-state index is 13.0. The van der Waals surface area contributed by atoms with Gasteiger partial charge in [-0.1, -0.05) is 0 Å². The number of benzene rings is 1. The Bertz CT molecular complexity index is 622. The fraction of sp³-hybridized carbons (Fsp3) is 0.462. The van der Waals surface area contributed by atoms with Gasteiger partial charge in [-0.15, -0.1) is 0 Å². The monoisotopic (exact) mass is 282 g/mol. The molecule has 1 N–H and O–H groups in total. The maximum Gasteiger partial charge on any atom is 0.152 e.